The highest BCUT2D eigenvalue weighted by Gasteiger charge is 2.26. The molecule has 2 N–H and O–H groups in total. The minimum Gasteiger partial charge on any atom is -0.322 e. The number of hydrogen-bond acceptors (Lipinski definition) is 3. The third kappa shape index (κ3) is 4.40. The van der Waals surface area contributed by atoms with Gasteiger partial charge in [-0.05, 0) is 62.4 Å². The first-order valence-corrected chi connectivity index (χ1v) is 10.8. The first kappa shape index (κ1) is 19.4. The van der Waals surface area contributed by atoms with E-state index in [0.717, 1.165) is 42.5 Å². The highest BCUT2D eigenvalue weighted by atomic mass is 32.1. The summed E-state index contributed by atoms with van der Waals surface area (Å²) in [5.41, 5.74) is 4.20. The van der Waals surface area contributed by atoms with Crippen molar-refractivity contribution in [2.45, 2.75) is 39.0 Å². The maximum atomic E-state index is 13.2. The fourth-order valence-corrected chi connectivity index (χ4v) is 4.95. The summed E-state index contributed by atoms with van der Waals surface area (Å²) in [6.45, 7) is 2.02. The van der Waals surface area contributed by atoms with Crippen LogP contribution in [0.3, 0.4) is 0 Å². The van der Waals surface area contributed by atoms with Gasteiger partial charge in [-0.2, -0.15) is 0 Å². The average Bonchev–Trinajstić information content (AvgIpc) is 2.90. The molecule has 5 heteroatoms. The van der Waals surface area contributed by atoms with E-state index in [2.05, 4.69) is 10.6 Å². The van der Waals surface area contributed by atoms with Crippen LogP contribution in [-0.4, -0.2) is 11.8 Å². The normalized spacial score (nSPS) is 13.3. The van der Waals surface area contributed by atoms with Crippen LogP contribution in [0.5, 0.6) is 0 Å². The molecule has 2 aromatic carbocycles. The highest BCUT2D eigenvalue weighted by Crippen LogP contribution is 2.38. The van der Waals surface area contributed by atoms with Gasteiger partial charge in [0.25, 0.3) is 11.8 Å². The van der Waals surface area contributed by atoms with Crippen molar-refractivity contribution in [1.82, 2.24) is 0 Å². The Morgan fingerprint density at radius 2 is 1.55 bits per heavy atom. The van der Waals surface area contributed by atoms with E-state index in [-0.39, 0.29) is 11.8 Å². The lowest BCUT2D eigenvalue weighted by atomic mass is 10.0. The SMILES string of the molecule is Cc1ccc(NC(=O)c2c(NC(=O)c3ccccc3)sc3c2CCCCC3)cc1. The Hall–Kier alpha value is -2.92. The maximum absolute atomic E-state index is 13.2. The summed E-state index contributed by atoms with van der Waals surface area (Å²) in [6, 6.07) is 16.9. The molecule has 3 aromatic rings. The third-order valence-corrected chi connectivity index (χ3v) is 6.43. The second-order valence-corrected chi connectivity index (χ2v) is 8.51. The Balaban J connectivity index is 1.66. The second-order valence-electron chi connectivity index (χ2n) is 7.41. The minimum atomic E-state index is -0.189. The molecule has 0 fully saturated rings. The van der Waals surface area contributed by atoms with E-state index < -0.39 is 0 Å². The van der Waals surface area contributed by atoms with Crippen molar-refractivity contribution in [3.63, 3.8) is 0 Å². The van der Waals surface area contributed by atoms with E-state index in [1.807, 2.05) is 49.4 Å². The quantitative estimate of drug-likeness (QED) is 0.538. The Morgan fingerprint density at radius 1 is 0.828 bits per heavy atom. The predicted molar refractivity (Wildman–Crippen MR) is 119 cm³/mol. The zero-order valence-electron chi connectivity index (χ0n) is 16.5. The molecule has 0 spiro atoms. The van der Waals surface area contributed by atoms with E-state index >= 15 is 0 Å². The molecule has 29 heavy (non-hydrogen) atoms. The lowest BCUT2D eigenvalue weighted by molar-refractivity contribution is 0.102. The number of amides is 2. The molecule has 0 unspecified atom stereocenters. The van der Waals surface area contributed by atoms with E-state index in [1.54, 1.807) is 23.5 Å². The molecule has 0 aliphatic heterocycles. The van der Waals surface area contributed by atoms with Gasteiger partial charge in [-0.1, -0.05) is 42.3 Å². The van der Waals surface area contributed by atoms with Gasteiger partial charge in [0.05, 0.1) is 5.56 Å². The van der Waals surface area contributed by atoms with Crippen LogP contribution in [0.15, 0.2) is 54.6 Å². The molecule has 1 aromatic heterocycles. The molecule has 0 atom stereocenters. The number of anilines is 2. The number of nitrogens with one attached hydrogen (secondary N) is 2. The summed E-state index contributed by atoms with van der Waals surface area (Å²) in [4.78, 5) is 27.2. The van der Waals surface area contributed by atoms with E-state index in [0.29, 0.717) is 16.1 Å². The summed E-state index contributed by atoms with van der Waals surface area (Å²) in [5.74, 6) is -0.344. The molecule has 0 saturated carbocycles. The smallest absolute Gasteiger partial charge is 0.258 e. The molecule has 0 bridgehead atoms. The molecular weight excluding hydrogens is 380 g/mol. The van der Waals surface area contributed by atoms with E-state index in [4.69, 9.17) is 0 Å². The van der Waals surface area contributed by atoms with Gasteiger partial charge in [0.1, 0.15) is 5.00 Å². The molecule has 1 aliphatic carbocycles. The van der Waals surface area contributed by atoms with Crippen LogP contribution in [-0.2, 0) is 12.8 Å². The molecule has 148 valence electrons. The van der Waals surface area contributed by atoms with Crippen molar-refractivity contribution in [1.29, 1.82) is 0 Å². The average molecular weight is 405 g/mol. The van der Waals surface area contributed by atoms with Crippen molar-refractivity contribution in [2.75, 3.05) is 10.6 Å². The van der Waals surface area contributed by atoms with Gasteiger partial charge in [0.15, 0.2) is 0 Å². The van der Waals surface area contributed by atoms with Gasteiger partial charge in [0, 0.05) is 16.1 Å². The predicted octanol–water partition coefficient (Wildman–Crippen LogP) is 5.83. The number of rotatable bonds is 4. The van der Waals surface area contributed by atoms with E-state index in [1.165, 1.54) is 11.3 Å². The summed E-state index contributed by atoms with van der Waals surface area (Å²) < 4.78 is 0. The second kappa shape index (κ2) is 8.62. The molecule has 1 heterocycles. The third-order valence-electron chi connectivity index (χ3n) is 5.22. The molecule has 4 rings (SSSR count). The van der Waals surface area contributed by atoms with Crippen molar-refractivity contribution in [3.8, 4) is 0 Å². The first-order valence-electron chi connectivity index (χ1n) is 10.0. The topological polar surface area (TPSA) is 58.2 Å². The fourth-order valence-electron chi connectivity index (χ4n) is 3.67. The van der Waals surface area contributed by atoms with Crippen molar-refractivity contribution in [3.05, 3.63) is 81.7 Å². The van der Waals surface area contributed by atoms with Gasteiger partial charge < -0.3 is 10.6 Å². The lowest BCUT2D eigenvalue weighted by Gasteiger charge is -2.10. The van der Waals surface area contributed by atoms with Gasteiger partial charge in [0.2, 0.25) is 0 Å². The van der Waals surface area contributed by atoms with Gasteiger partial charge in [-0.15, -0.1) is 11.3 Å². The number of hydrogen-bond donors (Lipinski definition) is 2. The van der Waals surface area contributed by atoms with Crippen LogP contribution in [0.1, 0.15) is 56.0 Å². The molecular formula is C24H24N2O2S. The number of aryl methyl sites for hydroxylation is 2. The van der Waals surface area contributed by atoms with Gasteiger partial charge in [-0.25, -0.2) is 0 Å². The number of fused-ring (bicyclic) bond motifs is 1. The van der Waals surface area contributed by atoms with E-state index in [9.17, 15) is 9.59 Å². The molecule has 0 saturated heterocycles. The van der Waals surface area contributed by atoms with Crippen LogP contribution in [0.4, 0.5) is 10.7 Å². The minimum absolute atomic E-state index is 0.156. The van der Waals surface area contributed by atoms with Crippen LogP contribution in [0.25, 0.3) is 0 Å². The zero-order chi connectivity index (χ0) is 20.2. The van der Waals surface area contributed by atoms with Crippen LogP contribution < -0.4 is 10.6 Å². The first-order chi connectivity index (χ1) is 14.1. The Morgan fingerprint density at radius 3 is 2.31 bits per heavy atom. The maximum Gasteiger partial charge on any atom is 0.258 e. The monoisotopic (exact) mass is 404 g/mol. The van der Waals surface area contributed by atoms with Crippen LogP contribution >= 0.6 is 11.3 Å². The highest BCUT2D eigenvalue weighted by molar-refractivity contribution is 7.17. The van der Waals surface area contributed by atoms with Crippen LogP contribution in [0, 0.1) is 6.92 Å². The van der Waals surface area contributed by atoms with Crippen molar-refractivity contribution >= 4 is 33.8 Å². The van der Waals surface area contributed by atoms with Gasteiger partial charge in [-0.3, -0.25) is 9.59 Å². The van der Waals surface area contributed by atoms with Crippen molar-refractivity contribution < 1.29 is 9.59 Å². The standard InChI is InChI=1S/C24H24N2O2S/c1-16-12-14-18(15-13-16)25-23(28)21-19-10-6-3-7-11-20(19)29-24(21)26-22(27)17-8-4-2-5-9-17/h2,4-5,8-9,12-15H,3,6-7,10-11H2,1H3,(H,25,28)(H,26,27). The summed E-state index contributed by atoms with van der Waals surface area (Å²) >= 11 is 1.55. The molecule has 1 aliphatic rings. The number of carbonyl (C=O) groups is 2. The van der Waals surface area contributed by atoms with Crippen LogP contribution in [0.2, 0.25) is 0 Å². The largest absolute Gasteiger partial charge is 0.322 e. The zero-order valence-corrected chi connectivity index (χ0v) is 17.3. The fraction of sp³-hybridized carbons (Fsp3) is 0.250. The molecule has 2 amide bonds. The summed E-state index contributed by atoms with van der Waals surface area (Å²) in [6.07, 6.45) is 5.21. The number of benzene rings is 2. The summed E-state index contributed by atoms with van der Waals surface area (Å²) in [7, 11) is 0. The number of carbonyl (C=O) groups excluding carboxylic acids is 2. The van der Waals surface area contributed by atoms with Crippen molar-refractivity contribution in [2.24, 2.45) is 0 Å². The Kier molecular flexibility index (Phi) is 5.76. The molecule has 4 nitrogen and oxygen atoms in total. The summed E-state index contributed by atoms with van der Waals surface area (Å²) in [5, 5.41) is 6.66. The van der Waals surface area contributed by atoms with Gasteiger partial charge >= 0.3 is 0 Å². The Bertz CT molecular complexity index is 1020. The lowest BCUT2D eigenvalue weighted by Crippen LogP contribution is -2.18. The Labute approximate surface area is 175 Å². The molecule has 0 radical (unpaired) electrons. The number of thiophene rings is 1.